The summed E-state index contributed by atoms with van der Waals surface area (Å²) < 4.78 is 3.11. The molecule has 0 unspecified atom stereocenters. The van der Waals surface area contributed by atoms with Gasteiger partial charge in [0.2, 0.25) is 5.91 Å². The van der Waals surface area contributed by atoms with E-state index in [1.807, 2.05) is 19.9 Å². The summed E-state index contributed by atoms with van der Waals surface area (Å²) in [5.74, 6) is 0.482. The van der Waals surface area contributed by atoms with Gasteiger partial charge in [0.15, 0.2) is 0 Å². The first-order valence-electron chi connectivity index (χ1n) is 12.4. The lowest BCUT2D eigenvalue weighted by Crippen LogP contribution is -2.49. The third kappa shape index (κ3) is 5.24. The lowest BCUT2D eigenvalue weighted by molar-refractivity contribution is -0.119. The van der Waals surface area contributed by atoms with E-state index in [4.69, 9.17) is 0 Å². The quantitative estimate of drug-likeness (QED) is 0.550. The standard InChI is InChI=1S/C27H34N6O3/c1-16-6-8-19(9-7-16)25(31-26(35)21-12-13-29-33(21)5)27(36)30-22-11-10-20(15-28-22)24-17(2)14-23(34)32(4)18(24)3/h10-16,19,25H,6-9H2,1-5H3,(H,31,35)(H,28,30,36)/t16?,19?,25-/m0/s1. The van der Waals surface area contributed by atoms with Crippen LogP contribution < -0.4 is 16.2 Å². The van der Waals surface area contributed by atoms with Gasteiger partial charge in [-0.3, -0.25) is 19.1 Å². The molecule has 9 heteroatoms. The maximum absolute atomic E-state index is 13.4. The highest BCUT2D eigenvalue weighted by atomic mass is 16.2. The monoisotopic (exact) mass is 490 g/mol. The van der Waals surface area contributed by atoms with Crippen molar-refractivity contribution in [1.82, 2.24) is 24.6 Å². The zero-order chi connectivity index (χ0) is 26.0. The molecule has 2 N–H and O–H groups in total. The van der Waals surface area contributed by atoms with Gasteiger partial charge >= 0.3 is 0 Å². The predicted molar refractivity (Wildman–Crippen MR) is 139 cm³/mol. The minimum atomic E-state index is -0.672. The number of carbonyl (C=O) groups is 2. The van der Waals surface area contributed by atoms with E-state index in [2.05, 4.69) is 27.6 Å². The first-order chi connectivity index (χ1) is 17.2. The number of aryl methyl sites for hydroxylation is 2. The molecule has 4 rings (SSSR count). The summed E-state index contributed by atoms with van der Waals surface area (Å²) in [7, 11) is 3.44. The third-order valence-electron chi connectivity index (χ3n) is 7.39. The Morgan fingerprint density at radius 3 is 2.42 bits per heavy atom. The molecule has 2 amide bonds. The molecule has 0 aliphatic heterocycles. The summed E-state index contributed by atoms with van der Waals surface area (Å²) in [6.07, 6.45) is 7.07. The Balaban J connectivity index is 1.54. The number of anilines is 1. The topological polar surface area (TPSA) is 111 Å². The van der Waals surface area contributed by atoms with Crippen LogP contribution in [-0.2, 0) is 18.9 Å². The number of rotatable bonds is 6. The van der Waals surface area contributed by atoms with Gasteiger partial charge in [-0.2, -0.15) is 5.10 Å². The van der Waals surface area contributed by atoms with E-state index in [-0.39, 0.29) is 23.3 Å². The fourth-order valence-electron chi connectivity index (χ4n) is 5.06. The second-order valence-electron chi connectivity index (χ2n) is 9.92. The molecule has 1 aliphatic carbocycles. The maximum atomic E-state index is 13.4. The number of aromatic nitrogens is 4. The van der Waals surface area contributed by atoms with Crippen molar-refractivity contribution in [3.8, 4) is 11.1 Å². The van der Waals surface area contributed by atoms with Crippen LogP contribution in [-0.4, -0.2) is 37.2 Å². The number of pyridine rings is 2. The highest BCUT2D eigenvalue weighted by Gasteiger charge is 2.33. The van der Waals surface area contributed by atoms with E-state index >= 15 is 0 Å². The lowest BCUT2D eigenvalue weighted by Gasteiger charge is -2.32. The Morgan fingerprint density at radius 1 is 1.08 bits per heavy atom. The minimum absolute atomic E-state index is 0.0496. The van der Waals surface area contributed by atoms with Crippen LogP contribution in [0, 0.1) is 25.7 Å². The van der Waals surface area contributed by atoms with Crippen LogP contribution in [0.25, 0.3) is 11.1 Å². The van der Waals surface area contributed by atoms with Crippen molar-refractivity contribution >= 4 is 17.6 Å². The summed E-state index contributed by atoms with van der Waals surface area (Å²) in [5, 5.41) is 9.92. The van der Waals surface area contributed by atoms with Gasteiger partial charge in [0.1, 0.15) is 17.6 Å². The van der Waals surface area contributed by atoms with Gasteiger partial charge in [-0.05, 0) is 62.3 Å². The van der Waals surface area contributed by atoms with Crippen molar-refractivity contribution in [3.63, 3.8) is 0 Å². The minimum Gasteiger partial charge on any atom is -0.339 e. The summed E-state index contributed by atoms with van der Waals surface area (Å²) in [4.78, 5) is 42.9. The molecule has 1 saturated carbocycles. The normalized spacial score (nSPS) is 18.5. The van der Waals surface area contributed by atoms with Crippen molar-refractivity contribution in [2.75, 3.05) is 5.32 Å². The molecule has 0 aromatic carbocycles. The number of carbonyl (C=O) groups excluding carboxylic acids is 2. The zero-order valence-corrected chi connectivity index (χ0v) is 21.5. The summed E-state index contributed by atoms with van der Waals surface area (Å²) in [6.45, 7) is 6.03. The molecule has 1 aliphatic rings. The molecule has 1 fully saturated rings. The molecule has 3 aromatic heterocycles. The number of amides is 2. The first-order valence-corrected chi connectivity index (χ1v) is 12.4. The SMILES string of the molecule is Cc1cc(=O)n(C)c(C)c1-c1ccc(NC(=O)[C@@H](NC(=O)c2ccnn2C)C2CCC(C)CC2)nc1. The molecule has 0 saturated heterocycles. The Kier molecular flexibility index (Phi) is 7.37. The number of hydrogen-bond acceptors (Lipinski definition) is 5. The average molecular weight is 491 g/mol. The maximum Gasteiger partial charge on any atom is 0.270 e. The average Bonchev–Trinajstić information content (AvgIpc) is 3.28. The van der Waals surface area contributed by atoms with Crippen molar-refractivity contribution in [2.24, 2.45) is 25.9 Å². The van der Waals surface area contributed by atoms with Crippen LogP contribution in [0.1, 0.15) is 54.4 Å². The van der Waals surface area contributed by atoms with Crippen molar-refractivity contribution in [3.05, 3.63) is 64.0 Å². The van der Waals surface area contributed by atoms with Crippen LogP contribution >= 0.6 is 0 Å². The lowest BCUT2D eigenvalue weighted by atomic mass is 9.79. The Hall–Kier alpha value is -3.75. The third-order valence-corrected chi connectivity index (χ3v) is 7.39. The molecule has 0 bridgehead atoms. The molecule has 3 aromatic rings. The van der Waals surface area contributed by atoms with Gasteiger partial charge in [-0.1, -0.05) is 19.8 Å². The molecule has 0 radical (unpaired) electrons. The largest absolute Gasteiger partial charge is 0.339 e. The van der Waals surface area contributed by atoms with Crippen molar-refractivity contribution in [2.45, 2.75) is 52.5 Å². The van der Waals surface area contributed by atoms with Crippen molar-refractivity contribution in [1.29, 1.82) is 0 Å². The Bertz CT molecular complexity index is 1320. The van der Waals surface area contributed by atoms with Gasteiger partial charge in [0.05, 0.1) is 0 Å². The number of nitrogens with one attached hydrogen (secondary N) is 2. The molecule has 0 spiro atoms. The van der Waals surface area contributed by atoms with Crippen molar-refractivity contribution < 1.29 is 9.59 Å². The summed E-state index contributed by atoms with van der Waals surface area (Å²) >= 11 is 0. The van der Waals surface area contributed by atoms with Gasteiger partial charge < -0.3 is 15.2 Å². The molecule has 3 heterocycles. The highest BCUT2D eigenvalue weighted by molar-refractivity contribution is 6.00. The van der Waals surface area contributed by atoms with Crippen LogP contribution in [0.5, 0.6) is 0 Å². The van der Waals surface area contributed by atoms with E-state index in [0.29, 0.717) is 17.4 Å². The van der Waals surface area contributed by atoms with E-state index in [9.17, 15) is 14.4 Å². The molecule has 9 nitrogen and oxygen atoms in total. The zero-order valence-electron chi connectivity index (χ0n) is 21.5. The molecule has 36 heavy (non-hydrogen) atoms. The Labute approximate surface area is 210 Å². The molecular weight excluding hydrogens is 456 g/mol. The van der Waals surface area contributed by atoms with Crippen LogP contribution in [0.2, 0.25) is 0 Å². The van der Waals surface area contributed by atoms with E-state index < -0.39 is 6.04 Å². The fraction of sp³-hybridized carbons (Fsp3) is 0.444. The molecule has 1 atom stereocenters. The van der Waals surface area contributed by atoms with Gasteiger partial charge in [-0.15, -0.1) is 0 Å². The highest BCUT2D eigenvalue weighted by Crippen LogP contribution is 2.31. The first kappa shape index (κ1) is 25.3. The smallest absolute Gasteiger partial charge is 0.270 e. The van der Waals surface area contributed by atoms with Gasteiger partial charge in [0, 0.05) is 49.4 Å². The van der Waals surface area contributed by atoms with Crippen LogP contribution in [0.4, 0.5) is 5.82 Å². The predicted octanol–water partition coefficient (Wildman–Crippen LogP) is 3.36. The van der Waals surface area contributed by atoms with Gasteiger partial charge in [-0.25, -0.2) is 4.98 Å². The van der Waals surface area contributed by atoms with Gasteiger partial charge in [0.25, 0.3) is 11.5 Å². The second kappa shape index (κ2) is 10.5. The molecule has 190 valence electrons. The van der Waals surface area contributed by atoms with Crippen LogP contribution in [0.3, 0.4) is 0 Å². The number of hydrogen-bond donors (Lipinski definition) is 2. The summed E-state index contributed by atoms with van der Waals surface area (Å²) in [5.41, 5.74) is 3.88. The second-order valence-corrected chi connectivity index (χ2v) is 9.92. The van der Waals surface area contributed by atoms with E-state index in [0.717, 1.165) is 48.1 Å². The summed E-state index contributed by atoms with van der Waals surface area (Å²) in [6, 6.07) is 6.21. The number of nitrogens with zero attached hydrogens (tertiary/aromatic N) is 4. The van der Waals surface area contributed by atoms with E-state index in [1.165, 1.54) is 4.68 Å². The fourth-order valence-corrected chi connectivity index (χ4v) is 5.06. The van der Waals surface area contributed by atoms with E-state index in [1.54, 1.807) is 49.3 Å². The molecular formula is C27H34N6O3. The Morgan fingerprint density at radius 2 is 1.81 bits per heavy atom. The van der Waals surface area contributed by atoms with Crippen LogP contribution in [0.15, 0.2) is 41.5 Å².